The Morgan fingerprint density at radius 3 is 2.59 bits per heavy atom. The highest BCUT2D eigenvalue weighted by Crippen LogP contribution is 2.43. The third-order valence-corrected chi connectivity index (χ3v) is 6.08. The monoisotopic (exact) mass is 301 g/mol. The molecule has 2 heteroatoms. The van der Waals surface area contributed by atoms with Crippen LogP contribution < -0.4 is 0 Å². The summed E-state index contributed by atoms with van der Waals surface area (Å²) in [6, 6.07) is 0. The van der Waals surface area contributed by atoms with E-state index < -0.39 is 0 Å². The van der Waals surface area contributed by atoms with Crippen LogP contribution >= 0.6 is 15.9 Å². The van der Waals surface area contributed by atoms with E-state index in [4.69, 9.17) is 0 Å². The number of halogens is 1. The minimum Gasteiger partial charge on any atom is -0.303 e. The summed E-state index contributed by atoms with van der Waals surface area (Å²) in [7, 11) is 0. The molecule has 1 unspecified atom stereocenters. The van der Waals surface area contributed by atoms with Crippen molar-refractivity contribution in [3.8, 4) is 0 Å². The van der Waals surface area contributed by atoms with E-state index in [0.717, 1.165) is 5.92 Å². The van der Waals surface area contributed by atoms with Gasteiger partial charge in [0.25, 0.3) is 0 Å². The maximum absolute atomic E-state index is 3.74. The number of rotatable bonds is 5. The second kappa shape index (κ2) is 6.56. The molecule has 0 bridgehead atoms. The highest BCUT2D eigenvalue weighted by molar-refractivity contribution is 9.09. The van der Waals surface area contributed by atoms with E-state index in [-0.39, 0.29) is 0 Å². The second-order valence-electron chi connectivity index (χ2n) is 6.35. The van der Waals surface area contributed by atoms with Crippen LogP contribution in [0, 0.1) is 11.3 Å². The quantitative estimate of drug-likeness (QED) is 0.678. The molecule has 0 aromatic rings. The summed E-state index contributed by atoms with van der Waals surface area (Å²) in [6.07, 6.45) is 11.5. The Hall–Kier alpha value is 0.440. The van der Waals surface area contributed by atoms with E-state index >= 15 is 0 Å². The van der Waals surface area contributed by atoms with Crippen molar-refractivity contribution < 1.29 is 0 Å². The van der Waals surface area contributed by atoms with Crippen LogP contribution in [0.1, 0.15) is 58.3 Å². The third-order valence-electron chi connectivity index (χ3n) is 4.89. The smallest absolute Gasteiger partial charge is 0.0100 e. The van der Waals surface area contributed by atoms with Gasteiger partial charge in [0.15, 0.2) is 0 Å². The minimum atomic E-state index is 0.643. The number of alkyl halides is 1. The summed E-state index contributed by atoms with van der Waals surface area (Å²) in [5, 5.41) is 1.22. The molecule has 0 amide bonds. The van der Waals surface area contributed by atoms with Crippen molar-refractivity contribution in [2.75, 3.05) is 25.0 Å². The van der Waals surface area contributed by atoms with Crippen molar-refractivity contribution >= 4 is 15.9 Å². The van der Waals surface area contributed by atoms with Crippen LogP contribution in [0.25, 0.3) is 0 Å². The lowest BCUT2D eigenvalue weighted by Crippen LogP contribution is -2.44. The summed E-state index contributed by atoms with van der Waals surface area (Å²) in [4.78, 5) is 2.76. The van der Waals surface area contributed by atoms with Crippen LogP contribution in [-0.2, 0) is 0 Å². The van der Waals surface area contributed by atoms with Crippen LogP contribution in [0.5, 0.6) is 0 Å². The molecule has 0 spiro atoms. The van der Waals surface area contributed by atoms with Gasteiger partial charge in [0.2, 0.25) is 0 Å². The van der Waals surface area contributed by atoms with Crippen LogP contribution in [0.4, 0.5) is 0 Å². The summed E-state index contributed by atoms with van der Waals surface area (Å²) in [5.74, 6) is 1.02. The van der Waals surface area contributed by atoms with E-state index in [0.29, 0.717) is 5.41 Å². The van der Waals surface area contributed by atoms with Crippen LogP contribution in [-0.4, -0.2) is 29.9 Å². The van der Waals surface area contributed by atoms with Crippen molar-refractivity contribution in [3.63, 3.8) is 0 Å². The van der Waals surface area contributed by atoms with E-state index in [9.17, 15) is 0 Å². The predicted octanol–water partition coefficient (Wildman–Crippen LogP) is 4.45. The zero-order valence-corrected chi connectivity index (χ0v) is 13.0. The maximum atomic E-state index is 3.74. The predicted molar refractivity (Wildman–Crippen MR) is 78.8 cm³/mol. The highest BCUT2D eigenvalue weighted by Gasteiger charge is 2.37. The summed E-state index contributed by atoms with van der Waals surface area (Å²) in [5.41, 5.74) is 0.643. The first-order chi connectivity index (χ1) is 8.28. The lowest BCUT2D eigenvalue weighted by molar-refractivity contribution is 0.0925. The molecule has 1 saturated heterocycles. The number of hydrogen-bond acceptors (Lipinski definition) is 1. The first-order valence-corrected chi connectivity index (χ1v) is 8.68. The van der Waals surface area contributed by atoms with Crippen LogP contribution in [0.15, 0.2) is 0 Å². The molecule has 2 aliphatic rings. The third kappa shape index (κ3) is 3.70. The summed E-state index contributed by atoms with van der Waals surface area (Å²) < 4.78 is 0. The Morgan fingerprint density at radius 1 is 1.18 bits per heavy atom. The fourth-order valence-corrected chi connectivity index (χ4v) is 4.30. The van der Waals surface area contributed by atoms with Crippen molar-refractivity contribution in [2.45, 2.75) is 58.3 Å². The normalized spacial score (nSPS) is 29.6. The van der Waals surface area contributed by atoms with Crippen molar-refractivity contribution in [1.29, 1.82) is 0 Å². The highest BCUT2D eigenvalue weighted by atomic mass is 79.9. The van der Waals surface area contributed by atoms with Crippen molar-refractivity contribution in [2.24, 2.45) is 11.3 Å². The van der Waals surface area contributed by atoms with Gasteiger partial charge in [-0.1, -0.05) is 42.1 Å². The van der Waals surface area contributed by atoms with Crippen molar-refractivity contribution in [3.05, 3.63) is 0 Å². The average molecular weight is 302 g/mol. The first kappa shape index (κ1) is 13.9. The van der Waals surface area contributed by atoms with Crippen LogP contribution in [0.2, 0.25) is 0 Å². The molecule has 1 saturated carbocycles. The molecule has 1 aliphatic carbocycles. The molecule has 0 aromatic carbocycles. The first-order valence-electron chi connectivity index (χ1n) is 7.56. The molecule has 0 N–H and O–H groups in total. The van der Waals surface area contributed by atoms with Gasteiger partial charge in [-0.05, 0) is 56.5 Å². The molecule has 17 heavy (non-hydrogen) atoms. The van der Waals surface area contributed by atoms with Gasteiger partial charge in [-0.2, -0.15) is 0 Å². The SMILES string of the molecule is CCCC1CCCN(CC2(CBr)CCC2)CC1. The minimum absolute atomic E-state index is 0.643. The van der Waals surface area contributed by atoms with Gasteiger partial charge in [-0.25, -0.2) is 0 Å². The zero-order valence-electron chi connectivity index (χ0n) is 11.4. The van der Waals surface area contributed by atoms with Gasteiger partial charge in [0, 0.05) is 11.9 Å². The molecule has 0 radical (unpaired) electrons. The Balaban J connectivity index is 1.78. The molecular formula is C15H28BrN. The maximum Gasteiger partial charge on any atom is 0.0100 e. The standard InChI is InChI=1S/C15H28BrN/c1-2-5-14-6-3-10-17(11-7-14)13-15(12-16)8-4-9-15/h14H,2-13H2,1H3. The fraction of sp³-hybridized carbons (Fsp3) is 1.00. The summed E-state index contributed by atoms with van der Waals surface area (Å²) >= 11 is 3.74. The van der Waals surface area contributed by atoms with Gasteiger partial charge < -0.3 is 4.90 Å². The Kier molecular flexibility index (Phi) is 5.35. The molecular weight excluding hydrogens is 274 g/mol. The van der Waals surface area contributed by atoms with Crippen molar-refractivity contribution in [1.82, 2.24) is 4.90 Å². The Bertz CT molecular complexity index is 219. The van der Waals surface area contributed by atoms with E-state index in [2.05, 4.69) is 27.8 Å². The molecule has 2 rings (SSSR count). The average Bonchev–Trinajstić information content (AvgIpc) is 2.50. The lowest BCUT2D eigenvalue weighted by atomic mass is 9.70. The van der Waals surface area contributed by atoms with Gasteiger partial charge in [0.1, 0.15) is 0 Å². The largest absolute Gasteiger partial charge is 0.303 e. The van der Waals surface area contributed by atoms with Gasteiger partial charge >= 0.3 is 0 Å². The summed E-state index contributed by atoms with van der Waals surface area (Å²) in [6.45, 7) is 6.41. The number of likely N-dealkylation sites (tertiary alicyclic amines) is 1. The molecule has 0 aromatic heterocycles. The number of hydrogen-bond donors (Lipinski definition) is 0. The topological polar surface area (TPSA) is 3.24 Å². The molecule has 1 heterocycles. The van der Waals surface area contributed by atoms with E-state index in [1.54, 1.807) is 0 Å². The lowest BCUT2D eigenvalue weighted by Gasteiger charge is -2.44. The Morgan fingerprint density at radius 2 is 2.00 bits per heavy atom. The molecule has 1 nitrogen and oxygen atoms in total. The van der Waals surface area contributed by atoms with Gasteiger partial charge in [0.05, 0.1) is 0 Å². The zero-order chi connectivity index (χ0) is 12.1. The Labute approximate surface area is 115 Å². The second-order valence-corrected chi connectivity index (χ2v) is 6.91. The molecule has 1 aliphatic heterocycles. The molecule has 1 atom stereocenters. The molecule has 2 fully saturated rings. The molecule has 100 valence electrons. The van der Waals surface area contributed by atoms with E-state index in [1.807, 2.05) is 0 Å². The number of nitrogens with zero attached hydrogens (tertiary/aromatic N) is 1. The fourth-order valence-electron chi connectivity index (χ4n) is 3.57. The van der Waals surface area contributed by atoms with Gasteiger partial charge in [-0.15, -0.1) is 0 Å². The van der Waals surface area contributed by atoms with Gasteiger partial charge in [-0.3, -0.25) is 0 Å². The van der Waals surface area contributed by atoms with E-state index in [1.165, 1.54) is 76.3 Å². The van der Waals surface area contributed by atoms with Crippen LogP contribution in [0.3, 0.4) is 0 Å².